The molecule has 0 saturated carbocycles. The van der Waals surface area contributed by atoms with Gasteiger partial charge >= 0.3 is 5.97 Å². The molecule has 0 saturated heterocycles. The number of nitrogen functional groups attached to an aromatic ring is 1. The number of ether oxygens (including phenoxy) is 1. The van der Waals surface area contributed by atoms with Crippen molar-refractivity contribution in [2.45, 2.75) is 4.90 Å². The van der Waals surface area contributed by atoms with Gasteiger partial charge in [0.05, 0.1) is 7.11 Å². The van der Waals surface area contributed by atoms with E-state index in [1.807, 2.05) is 0 Å². The Balaban J connectivity index is 2.78. The van der Waals surface area contributed by atoms with E-state index in [-0.39, 0.29) is 15.5 Å². The Labute approximate surface area is 130 Å². The van der Waals surface area contributed by atoms with Gasteiger partial charge in [-0.15, -0.1) is 9.19 Å². The number of carbonyl (C=O) groups is 1. The Bertz CT molecular complexity index is 921. The fourth-order valence-corrected chi connectivity index (χ4v) is 3.19. The van der Waals surface area contributed by atoms with Gasteiger partial charge in [0.1, 0.15) is 10.5 Å². The van der Waals surface area contributed by atoms with Crippen LogP contribution in [0.2, 0.25) is 0 Å². The van der Waals surface area contributed by atoms with E-state index >= 15 is 0 Å². The van der Waals surface area contributed by atoms with E-state index in [1.54, 1.807) is 0 Å². The van der Waals surface area contributed by atoms with Gasteiger partial charge in [-0.25, -0.2) is 10.6 Å². The molecule has 0 unspecified atom stereocenters. The van der Waals surface area contributed by atoms with Crippen LogP contribution in [0.25, 0.3) is 0 Å². The number of anilines is 1. The molecule has 1 heterocycles. The van der Waals surface area contributed by atoms with Crippen LogP contribution in [0.15, 0.2) is 40.0 Å². The van der Waals surface area contributed by atoms with E-state index in [1.165, 1.54) is 18.2 Å². The minimum absolute atomic E-state index is 0.0680. The monoisotopic (exact) mass is 340 g/mol. The Morgan fingerprint density at radius 1 is 1.35 bits per heavy atom. The number of hydrogen-bond acceptors (Lipinski definition) is 8. The molecule has 10 nitrogen and oxygen atoms in total. The number of nitrogens with two attached hydrogens (primary N) is 1. The number of aromatic nitrogens is 2. The number of carboxylic acids is 1. The lowest BCUT2D eigenvalue weighted by atomic mass is 10.2. The molecule has 0 aliphatic heterocycles. The second-order valence-corrected chi connectivity index (χ2v) is 5.93. The molecule has 0 bridgehead atoms. The summed E-state index contributed by atoms with van der Waals surface area (Å²) in [5.74, 6) is 3.30. The third kappa shape index (κ3) is 2.86. The highest BCUT2D eigenvalue weighted by Gasteiger charge is 2.27. The molecule has 11 heteroatoms. The third-order valence-corrected chi connectivity index (χ3v) is 4.43. The molecule has 0 spiro atoms. The molecule has 2 rings (SSSR count). The van der Waals surface area contributed by atoms with Crippen LogP contribution in [-0.2, 0) is 10.0 Å². The SMILES string of the molecule is COc1c(C(=O)O)cccc1S(=O)(=O)n1nc(NN)ccc1=O. The lowest BCUT2D eigenvalue weighted by molar-refractivity contribution is 0.0693. The smallest absolute Gasteiger partial charge is 0.339 e. The lowest BCUT2D eigenvalue weighted by Gasteiger charge is -2.12. The molecule has 4 N–H and O–H groups in total. The van der Waals surface area contributed by atoms with Crippen molar-refractivity contribution in [3.05, 3.63) is 46.2 Å². The number of benzene rings is 1. The van der Waals surface area contributed by atoms with Crippen molar-refractivity contribution in [3.8, 4) is 5.75 Å². The van der Waals surface area contributed by atoms with Crippen LogP contribution in [0.3, 0.4) is 0 Å². The van der Waals surface area contributed by atoms with E-state index in [0.29, 0.717) is 0 Å². The van der Waals surface area contributed by atoms with E-state index in [2.05, 4.69) is 10.5 Å². The maximum atomic E-state index is 12.6. The average molecular weight is 340 g/mol. The Hall–Kier alpha value is -2.92. The van der Waals surface area contributed by atoms with Crippen molar-refractivity contribution >= 4 is 21.8 Å². The van der Waals surface area contributed by atoms with Crippen molar-refractivity contribution in [3.63, 3.8) is 0 Å². The number of nitrogens with zero attached hydrogens (tertiary/aromatic N) is 2. The molecule has 122 valence electrons. The summed E-state index contributed by atoms with van der Waals surface area (Å²) in [6, 6.07) is 5.65. The largest absolute Gasteiger partial charge is 0.494 e. The molecule has 0 atom stereocenters. The number of carboxylic acid groups (broad SMARTS) is 1. The fraction of sp³-hybridized carbons (Fsp3) is 0.0833. The zero-order valence-corrected chi connectivity index (χ0v) is 12.6. The number of para-hydroxylation sites is 1. The van der Waals surface area contributed by atoms with Gasteiger partial charge in [0.2, 0.25) is 0 Å². The topological polar surface area (TPSA) is 154 Å². The highest BCUT2D eigenvalue weighted by Crippen LogP contribution is 2.28. The van der Waals surface area contributed by atoms with Gasteiger partial charge in [0, 0.05) is 6.07 Å². The number of hydrazine groups is 1. The van der Waals surface area contributed by atoms with Gasteiger partial charge in [-0.3, -0.25) is 4.79 Å². The molecule has 0 amide bonds. The summed E-state index contributed by atoms with van der Waals surface area (Å²) in [5.41, 5.74) is 0.812. The van der Waals surface area contributed by atoms with Gasteiger partial charge in [-0.1, -0.05) is 6.07 Å². The highest BCUT2D eigenvalue weighted by atomic mass is 32.2. The zero-order valence-electron chi connectivity index (χ0n) is 11.8. The van der Waals surface area contributed by atoms with Crippen LogP contribution in [0.1, 0.15) is 10.4 Å². The molecule has 0 fully saturated rings. The molecular formula is C12H12N4O6S. The van der Waals surface area contributed by atoms with Crippen LogP contribution < -0.4 is 21.6 Å². The van der Waals surface area contributed by atoms with Crippen molar-refractivity contribution in [2.24, 2.45) is 5.84 Å². The molecular weight excluding hydrogens is 328 g/mol. The van der Waals surface area contributed by atoms with Crippen LogP contribution in [0.4, 0.5) is 5.82 Å². The first-order chi connectivity index (χ1) is 10.8. The summed E-state index contributed by atoms with van der Waals surface area (Å²) in [5, 5.41) is 12.7. The first kappa shape index (κ1) is 16.5. The summed E-state index contributed by atoms with van der Waals surface area (Å²) >= 11 is 0. The first-order valence-corrected chi connectivity index (χ1v) is 7.49. The number of hydrogen-bond donors (Lipinski definition) is 3. The first-order valence-electron chi connectivity index (χ1n) is 6.05. The van der Waals surface area contributed by atoms with Gasteiger partial charge in [-0.2, -0.15) is 8.42 Å². The molecule has 0 radical (unpaired) electrons. The van der Waals surface area contributed by atoms with E-state index in [0.717, 1.165) is 19.2 Å². The molecule has 2 aromatic rings. The Morgan fingerprint density at radius 3 is 2.61 bits per heavy atom. The minimum Gasteiger partial charge on any atom is -0.494 e. The van der Waals surface area contributed by atoms with Gasteiger partial charge in [-0.05, 0) is 18.2 Å². The number of rotatable bonds is 5. The van der Waals surface area contributed by atoms with Crippen molar-refractivity contribution in [1.82, 2.24) is 9.19 Å². The summed E-state index contributed by atoms with van der Waals surface area (Å²) in [6.45, 7) is 0. The number of methoxy groups -OCH3 is 1. The normalized spacial score (nSPS) is 11.0. The highest BCUT2D eigenvalue weighted by molar-refractivity contribution is 7.90. The van der Waals surface area contributed by atoms with E-state index in [9.17, 15) is 18.0 Å². The standard InChI is InChI=1S/C12H12N4O6S/c1-22-11-7(12(18)19)3-2-4-8(11)23(20,21)16-10(17)6-5-9(14-13)15-16/h2-6H,13H2,1H3,(H,14,15)(H,18,19). The van der Waals surface area contributed by atoms with Gasteiger partial charge < -0.3 is 15.3 Å². The molecule has 23 heavy (non-hydrogen) atoms. The summed E-state index contributed by atoms with van der Waals surface area (Å²) in [4.78, 5) is 22.5. The molecule has 1 aromatic heterocycles. The van der Waals surface area contributed by atoms with Crippen molar-refractivity contribution in [1.29, 1.82) is 0 Å². The zero-order chi connectivity index (χ0) is 17.2. The summed E-state index contributed by atoms with van der Waals surface area (Å²) < 4.78 is 30.4. The number of nitrogens with one attached hydrogen (secondary N) is 1. The van der Waals surface area contributed by atoms with E-state index < -0.39 is 32.2 Å². The van der Waals surface area contributed by atoms with Crippen molar-refractivity contribution < 1.29 is 23.1 Å². The molecule has 0 aliphatic carbocycles. The van der Waals surface area contributed by atoms with E-state index in [4.69, 9.17) is 15.7 Å². The van der Waals surface area contributed by atoms with Crippen LogP contribution >= 0.6 is 0 Å². The Kier molecular flexibility index (Phi) is 4.33. The third-order valence-electron chi connectivity index (χ3n) is 2.84. The Morgan fingerprint density at radius 2 is 2.04 bits per heavy atom. The van der Waals surface area contributed by atoms with Crippen molar-refractivity contribution in [2.75, 3.05) is 12.5 Å². The van der Waals surface area contributed by atoms with Crippen LogP contribution in [0.5, 0.6) is 5.75 Å². The molecule has 0 aliphatic rings. The van der Waals surface area contributed by atoms with Crippen LogP contribution in [-0.4, -0.2) is 35.8 Å². The second-order valence-electron chi connectivity index (χ2n) is 4.19. The quantitative estimate of drug-likeness (QED) is 0.481. The maximum Gasteiger partial charge on any atom is 0.339 e. The summed E-state index contributed by atoms with van der Waals surface area (Å²) in [6.07, 6.45) is 0. The van der Waals surface area contributed by atoms with Crippen LogP contribution in [0, 0.1) is 0 Å². The van der Waals surface area contributed by atoms with Gasteiger partial charge in [0.25, 0.3) is 15.6 Å². The fourth-order valence-electron chi connectivity index (χ4n) is 1.83. The number of aromatic carboxylic acids is 1. The second kappa shape index (κ2) is 6.06. The lowest BCUT2D eigenvalue weighted by Crippen LogP contribution is -2.31. The van der Waals surface area contributed by atoms with Gasteiger partial charge in [0.15, 0.2) is 11.6 Å². The predicted octanol–water partition coefficient (Wildman–Crippen LogP) is -0.527. The predicted molar refractivity (Wildman–Crippen MR) is 78.8 cm³/mol. The maximum absolute atomic E-state index is 12.6. The minimum atomic E-state index is -4.49. The summed E-state index contributed by atoms with van der Waals surface area (Å²) in [7, 11) is -3.37. The molecule has 1 aromatic carbocycles. The average Bonchev–Trinajstić information content (AvgIpc) is 2.54.